The van der Waals surface area contributed by atoms with Crippen molar-refractivity contribution in [3.8, 4) is 11.5 Å². The molecule has 0 spiro atoms. The summed E-state index contributed by atoms with van der Waals surface area (Å²) in [7, 11) is 0. The minimum Gasteiger partial charge on any atom is -0.504 e. The van der Waals surface area contributed by atoms with Gasteiger partial charge in [0.2, 0.25) is 5.91 Å². The molecule has 0 unspecified atom stereocenters. The molecule has 0 saturated carbocycles. The minimum absolute atomic E-state index is 0.0641. The third-order valence-corrected chi connectivity index (χ3v) is 3.46. The van der Waals surface area contributed by atoms with Crippen LogP contribution in [0.15, 0.2) is 30.5 Å². The predicted octanol–water partition coefficient (Wildman–Crippen LogP) is 0.958. The van der Waals surface area contributed by atoms with Gasteiger partial charge in [-0.3, -0.25) is 9.59 Å². The van der Waals surface area contributed by atoms with Crippen molar-refractivity contribution < 1.29 is 19.8 Å². The molecule has 1 amide bonds. The molecule has 1 aromatic carbocycles. The van der Waals surface area contributed by atoms with E-state index >= 15 is 0 Å². The van der Waals surface area contributed by atoms with Crippen molar-refractivity contribution in [2.75, 3.05) is 26.2 Å². The van der Waals surface area contributed by atoms with Crippen LogP contribution in [0.2, 0.25) is 0 Å². The van der Waals surface area contributed by atoms with Crippen LogP contribution in [0.3, 0.4) is 0 Å². The van der Waals surface area contributed by atoms with E-state index in [1.807, 2.05) is 4.90 Å². The molecule has 1 aliphatic rings. The maximum atomic E-state index is 12.0. The Bertz CT molecular complexity index is 575. The van der Waals surface area contributed by atoms with E-state index in [0.29, 0.717) is 31.7 Å². The highest BCUT2D eigenvalue weighted by Crippen LogP contribution is 2.25. The molecule has 0 radical (unpaired) electrons. The molecule has 1 fully saturated rings. The molecule has 1 saturated heterocycles. The first-order chi connectivity index (χ1) is 9.97. The second-order valence-electron chi connectivity index (χ2n) is 4.93. The molecule has 2 N–H and O–H groups in total. The first-order valence-corrected chi connectivity index (χ1v) is 6.71. The lowest BCUT2D eigenvalue weighted by Crippen LogP contribution is -2.45. The minimum atomic E-state index is -0.315. The molecule has 2 rings (SSSR count). The number of nitrogens with zero attached hydrogens (tertiary/aromatic N) is 2. The normalized spacial score (nSPS) is 15.5. The zero-order valence-electron chi connectivity index (χ0n) is 11.8. The molecule has 0 aromatic heterocycles. The SMILES string of the molecule is CC(=O)N1CCN(/C=C/C(=O)c2ccc(O)c(O)c2)CC1. The van der Waals surface area contributed by atoms with Crippen LogP contribution in [0.4, 0.5) is 0 Å². The van der Waals surface area contributed by atoms with Gasteiger partial charge in [0.1, 0.15) is 0 Å². The van der Waals surface area contributed by atoms with Crippen molar-refractivity contribution in [3.05, 3.63) is 36.0 Å². The van der Waals surface area contributed by atoms with Gasteiger partial charge in [0.15, 0.2) is 17.3 Å². The maximum Gasteiger partial charge on any atom is 0.219 e. The van der Waals surface area contributed by atoms with E-state index < -0.39 is 0 Å². The second kappa shape index (κ2) is 6.30. The molecule has 112 valence electrons. The first-order valence-electron chi connectivity index (χ1n) is 6.71. The number of hydrogen-bond acceptors (Lipinski definition) is 5. The quantitative estimate of drug-likeness (QED) is 0.492. The van der Waals surface area contributed by atoms with Gasteiger partial charge in [-0.15, -0.1) is 0 Å². The topological polar surface area (TPSA) is 81.1 Å². The number of rotatable bonds is 3. The third-order valence-electron chi connectivity index (χ3n) is 3.46. The number of amides is 1. The van der Waals surface area contributed by atoms with Crippen LogP contribution < -0.4 is 0 Å². The zero-order valence-corrected chi connectivity index (χ0v) is 11.8. The van der Waals surface area contributed by atoms with E-state index in [0.717, 1.165) is 0 Å². The highest BCUT2D eigenvalue weighted by atomic mass is 16.3. The lowest BCUT2D eigenvalue weighted by Gasteiger charge is -2.33. The Balaban J connectivity index is 1.93. The summed E-state index contributed by atoms with van der Waals surface area (Å²) in [5.74, 6) is -0.756. The zero-order chi connectivity index (χ0) is 15.4. The molecular weight excluding hydrogens is 272 g/mol. The fourth-order valence-corrected chi connectivity index (χ4v) is 2.13. The lowest BCUT2D eigenvalue weighted by molar-refractivity contribution is -0.130. The summed E-state index contributed by atoms with van der Waals surface area (Å²) in [5.41, 5.74) is 0.309. The number of piperazine rings is 1. The molecular formula is C15H18N2O4. The number of hydrogen-bond donors (Lipinski definition) is 2. The average molecular weight is 290 g/mol. The van der Waals surface area contributed by atoms with Crippen molar-refractivity contribution in [2.45, 2.75) is 6.92 Å². The number of aromatic hydroxyl groups is 2. The van der Waals surface area contributed by atoms with Crippen LogP contribution in [-0.2, 0) is 4.79 Å². The van der Waals surface area contributed by atoms with Gasteiger partial charge in [0.05, 0.1) is 0 Å². The van der Waals surface area contributed by atoms with E-state index in [1.54, 1.807) is 18.0 Å². The van der Waals surface area contributed by atoms with E-state index in [4.69, 9.17) is 0 Å². The molecule has 0 aliphatic carbocycles. The Labute approximate surface area is 122 Å². The molecule has 6 nitrogen and oxygen atoms in total. The molecule has 21 heavy (non-hydrogen) atoms. The van der Waals surface area contributed by atoms with Crippen LogP contribution >= 0.6 is 0 Å². The van der Waals surface area contributed by atoms with E-state index in [9.17, 15) is 19.8 Å². The smallest absolute Gasteiger partial charge is 0.219 e. The van der Waals surface area contributed by atoms with E-state index in [1.165, 1.54) is 24.3 Å². The summed E-state index contributed by atoms with van der Waals surface area (Å²) in [6.45, 7) is 4.21. The Morgan fingerprint density at radius 1 is 1.10 bits per heavy atom. The molecule has 1 aromatic rings. The van der Waals surface area contributed by atoms with Gasteiger partial charge in [-0.05, 0) is 18.2 Å². The number of phenolic OH excluding ortho intramolecular Hbond substituents is 2. The number of phenols is 2. The first kappa shape index (κ1) is 14.9. The highest BCUT2D eigenvalue weighted by Gasteiger charge is 2.16. The van der Waals surface area contributed by atoms with Crippen LogP contribution in [-0.4, -0.2) is 57.9 Å². The second-order valence-corrected chi connectivity index (χ2v) is 4.93. The summed E-state index contributed by atoms with van der Waals surface area (Å²) < 4.78 is 0. The Morgan fingerprint density at radius 3 is 2.33 bits per heavy atom. The standard InChI is InChI=1S/C15H18N2O4/c1-11(18)17-8-6-16(7-9-17)5-4-13(19)12-2-3-14(20)15(21)10-12/h2-5,10,20-21H,6-9H2,1H3/b5-4+. The van der Waals surface area contributed by atoms with Crippen LogP contribution in [0.1, 0.15) is 17.3 Å². The molecule has 1 heterocycles. The number of benzene rings is 1. The Morgan fingerprint density at radius 2 is 1.76 bits per heavy atom. The predicted molar refractivity (Wildman–Crippen MR) is 77.1 cm³/mol. The molecule has 6 heteroatoms. The van der Waals surface area contributed by atoms with Gasteiger partial charge in [0, 0.05) is 50.9 Å². The average Bonchev–Trinajstić information content (AvgIpc) is 2.48. The van der Waals surface area contributed by atoms with Crippen LogP contribution in [0.5, 0.6) is 11.5 Å². The Kier molecular flexibility index (Phi) is 4.47. The monoisotopic (exact) mass is 290 g/mol. The summed E-state index contributed by atoms with van der Waals surface area (Å²) in [6.07, 6.45) is 3.12. The van der Waals surface area contributed by atoms with Crippen LogP contribution in [0.25, 0.3) is 0 Å². The summed E-state index contributed by atoms with van der Waals surface area (Å²) >= 11 is 0. The molecule has 1 aliphatic heterocycles. The number of ketones is 1. The van der Waals surface area contributed by atoms with E-state index in [2.05, 4.69) is 0 Å². The highest BCUT2D eigenvalue weighted by molar-refractivity contribution is 6.04. The fourth-order valence-electron chi connectivity index (χ4n) is 2.13. The number of carbonyl (C=O) groups excluding carboxylic acids is 2. The number of allylic oxidation sites excluding steroid dienone is 1. The van der Waals surface area contributed by atoms with Gasteiger partial charge in [-0.2, -0.15) is 0 Å². The van der Waals surface area contributed by atoms with Crippen molar-refractivity contribution in [2.24, 2.45) is 0 Å². The summed E-state index contributed by atoms with van der Waals surface area (Å²) in [4.78, 5) is 26.9. The van der Waals surface area contributed by atoms with Gasteiger partial charge in [-0.25, -0.2) is 0 Å². The molecule has 0 atom stereocenters. The maximum absolute atomic E-state index is 12.0. The largest absolute Gasteiger partial charge is 0.504 e. The molecule has 0 bridgehead atoms. The number of carbonyl (C=O) groups is 2. The van der Waals surface area contributed by atoms with Crippen molar-refractivity contribution in [1.29, 1.82) is 0 Å². The van der Waals surface area contributed by atoms with Gasteiger partial charge < -0.3 is 20.0 Å². The van der Waals surface area contributed by atoms with Crippen molar-refractivity contribution in [1.82, 2.24) is 9.80 Å². The summed E-state index contributed by atoms with van der Waals surface area (Å²) in [5, 5.41) is 18.6. The lowest BCUT2D eigenvalue weighted by atomic mass is 10.1. The third kappa shape index (κ3) is 3.75. The van der Waals surface area contributed by atoms with Crippen LogP contribution in [0, 0.1) is 0 Å². The van der Waals surface area contributed by atoms with E-state index in [-0.39, 0.29) is 23.2 Å². The van der Waals surface area contributed by atoms with Crippen molar-refractivity contribution in [3.63, 3.8) is 0 Å². The van der Waals surface area contributed by atoms with Gasteiger partial charge >= 0.3 is 0 Å². The van der Waals surface area contributed by atoms with Gasteiger partial charge in [0.25, 0.3) is 0 Å². The Hall–Kier alpha value is -2.50. The van der Waals surface area contributed by atoms with Gasteiger partial charge in [-0.1, -0.05) is 0 Å². The fraction of sp³-hybridized carbons (Fsp3) is 0.333. The van der Waals surface area contributed by atoms with Crippen molar-refractivity contribution >= 4 is 11.7 Å². The summed E-state index contributed by atoms with van der Waals surface area (Å²) in [6, 6.07) is 3.97.